The first kappa shape index (κ1) is 13.7. The Hall–Kier alpha value is -1.39. The Labute approximate surface area is 102 Å². The fourth-order valence-corrected chi connectivity index (χ4v) is 1.61. The van der Waals surface area contributed by atoms with Crippen LogP contribution in [0.2, 0.25) is 0 Å². The summed E-state index contributed by atoms with van der Waals surface area (Å²) in [4.78, 5) is 11.4. The normalized spacial score (nSPS) is 12.3. The van der Waals surface area contributed by atoms with Gasteiger partial charge >= 0.3 is 0 Å². The van der Waals surface area contributed by atoms with E-state index in [1.54, 1.807) is 0 Å². The van der Waals surface area contributed by atoms with Gasteiger partial charge in [-0.25, -0.2) is 0 Å². The molecule has 0 fully saturated rings. The van der Waals surface area contributed by atoms with Gasteiger partial charge in [0, 0.05) is 13.1 Å². The van der Waals surface area contributed by atoms with Crippen LogP contribution < -0.4 is 11.1 Å². The van der Waals surface area contributed by atoms with Crippen molar-refractivity contribution in [2.24, 2.45) is 5.73 Å². The fourth-order valence-electron chi connectivity index (χ4n) is 1.61. The van der Waals surface area contributed by atoms with Crippen LogP contribution in [-0.4, -0.2) is 23.7 Å². The van der Waals surface area contributed by atoms with Gasteiger partial charge in [-0.05, 0) is 43.0 Å². The van der Waals surface area contributed by atoms with E-state index in [-0.39, 0.29) is 6.54 Å². The summed E-state index contributed by atoms with van der Waals surface area (Å²) in [7, 11) is 0. The zero-order valence-electron chi connectivity index (χ0n) is 10.6. The Bertz CT molecular complexity index is 416. The number of benzene rings is 1. The quantitative estimate of drug-likeness (QED) is 0.714. The Kier molecular flexibility index (Phi) is 4.66. The third-order valence-electron chi connectivity index (χ3n) is 3.15. The highest BCUT2D eigenvalue weighted by atomic mass is 16.3. The van der Waals surface area contributed by atoms with Gasteiger partial charge in [-0.2, -0.15) is 0 Å². The zero-order valence-corrected chi connectivity index (χ0v) is 10.6. The smallest absolute Gasteiger partial charge is 0.250 e. The number of aliphatic hydroxyl groups is 1. The molecule has 1 amide bonds. The summed E-state index contributed by atoms with van der Waals surface area (Å²) >= 11 is 0. The first-order valence-corrected chi connectivity index (χ1v) is 5.69. The minimum atomic E-state index is -1.12. The van der Waals surface area contributed by atoms with Gasteiger partial charge in [0.25, 0.3) is 0 Å². The molecule has 1 atom stereocenters. The van der Waals surface area contributed by atoms with Crippen LogP contribution >= 0.6 is 0 Å². The van der Waals surface area contributed by atoms with Crippen molar-refractivity contribution in [1.82, 2.24) is 5.32 Å². The average Bonchev–Trinajstić information content (AvgIpc) is 2.33. The van der Waals surface area contributed by atoms with Crippen LogP contribution in [0.3, 0.4) is 0 Å². The van der Waals surface area contributed by atoms with Crippen molar-refractivity contribution in [3.8, 4) is 0 Å². The van der Waals surface area contributed by atoms with Crippen LogP contribution in [0.1, 0.15) is 22.3 Å². The van der Waals surface area contributed by atoms with E-state index in [1.807, 2.05) is 19.1 Å². The lowest BCUT2D eigenvalue weighted by atomic mass is 9.99. The van der Waals surface area contributed by atoms with Gasteiger partial charge in [0.05, 0.1) is 0 Å². The van der Waals surface area contributed by atoms with Crippen molar-refractivity contribution in [2.45, 2.75) is 33.4 Å². The van der Waals surface area contributed by atoms with Gasteiger partial charge in [-0.1, -0.05) is 12.1 Å². The molecule has 0 saturated heterocycles. The topological polar surface area (TPSA) is 75.3 Å². The summed E-state index contributed by atoms with van der Waals surface area (Å²) in [6.07, 6.45) is -1.12. The Morgan fingerprint density at radius 2 is 2.00 bits per heavy atom. The van der Waals surface area contributed by atoms with Crippen molar-refractivity contribution in [1.29, 1.82) is 0 Å². The number of carbonyl (C=O) groups excluding carboxylic acids is 1. The minimum absolute atomic E-state index is 0.0578. The zero-order chi connectivity index (χ0) is 13.0. The summed E-state index contributed by atoms with van der Waals surface area (Å²) in [5.41, 5.74) is 9.91. The second-order valence-electron chi connectivity index (χ2n) is 4.26. The molecule has 0 spiro atoms. The molecule has 4 heteroatoms. The molecular formula is C13H20N2O2. The lowest BCUT2D eigenvalue weighted by Gasteiger charge is -2.13. The van der Waals surface area contributed by atoms with E-state index >= 15 is 0 Å². The van der Waals surface area contributed by atoms with Crippen LogP contribution in [0.4, 0.5) is 0 Å². The van der Waals surface area contributed by atoms with E-state index in [1.165, 1.54) is 16.7 Å². The molecule has 17 heavy (non-hydrogen) atoms. The van der Waals surface area contributed by atoms with Gasteiger partial charge in [0.15, 0.2) is 0 Å². The van der Waals surface area contributed by atoms with Gasteiger partial charge in [-0.3, -0.25) is 4.79 Å². The lowest BCUT2D eigenvalue weighted by Crippen LogP contribution is -2.38. The average molecular weight is 236 g/mol. The van der Waals surface area contributed by atoms with Crippen LogP contribution in [-0.2, 0) is 11.3 Å². The van der Waals surface area contributed by atoms with E-state index in [2.05, 4.69) is 19.2 Å². The third-order valence-corrected chi connectivity index (χ3v) is 3.15. The van der Waals surface area contributed by atoms with E-state index in [0.717, 1.165) is 5.56 Å². The maximum atomic E-state index is 11.4. The molecule has 1 unspecified atom stereocenters. The van der Waals surface area contributed by atoms with Gasteiger partial charge in [0.2, 0.25) is 5.91 Å². The van der Waals surface area contributed by atoms with Crippen LogP contribution in [0, 0.1) is 20.8 Å². The van der Waals surface area contributed by atoms with Crippen LogP contribution in [0.25, 0.3) is 0 Å². The summed E-state index contributed by atoms with van der Waals surface area (Å²) in [5, 5.41) is 11.9. The molecule has 0 aromatic heterocycles. The number of nitrogens with one attached hydrogen (secondary N) is 1. The van der Waals surface area contributed by atoms with E-state index in [0.29, 0.717) is 6.54 Å². The highest BCUT2D eigenvalue weighted by molar-refractivity contribution is 5.80. The van der Waals surface area contributed by atoms with Gasteiger partial charge in [-0.15, -0.1) is 0 Å². The second-order valence-corrected chi connectivity index (χ2v) is 4.26. The van der Waals surface area contributed by atoms with E-state index in [4.69, 9.17) is 5.73 Å². The number of carbonyl (C=O) groups is 1. The molecule has 4 nitrogen and oxygen atoms in total. The van der Waals surface area contributed by atoms with Crippen molar-refractivity contribution in [3.05, 3.63) is 34.4 Å². The standard InChI is InChI=1S/C13H20N2O2/c1-8-4-5-11(10(3)9(8)2)7-15-13(17)12(16)6-14/h4-5,12,16H,6-7,14H2,1-3H3,(H,15,17). The molecule has 0 aliphatic heterocycles. The number of aliphatic hydroxyl groups excluding tert-OH is 1. The van der Waals surface area contributed by atoms with Crippen molar-refractivity contribution >= 4 is 5.91 Å². The molecule has 0 aliphatic carbocycles. The molecule has 0 bridgehead atoms. The molecule has 0 radical (unpaired) electrons. The molecule has 0 aliphatic rings. The van der Waals surface area contributed by atoms with Crippen LogP contribution in [0.15, 0.2) is 12.1 Å². The van der Waals surface area contributed by atoms with Gasteiger partial charge in [0.1, 0.15) is 6.10 Å². The monoisotopic (exact) mass is 236 g/mol. The number of hydrogen-bond donors (Lipinski definition) is 3. The SMILES string of the molecule is Cc1ccc(CNC(=O)C(O)CN)c(C)c1C. The molecule has 1 aromatic carbocycles. The molecule has 0 saturated carbocycles. The second kappa shape index (κ2) is 5.80. The number of aryl methyl sites for hydroxylation is 1. The molecule has 1 rings (SSSR count). The van der Waals surface area contributed by atoms with Crippen molar-refractivity contribution in [2.75, 3.05) is 6.54 Å². The number of rotatable bonds is 4. The van der Waals surface area contributed by atoms with E-state index in [9.17, 15) is 9.90 Å². The first-order valence-electron chi connectivity index (χ1n) is 5.69. The van der Waals surface area contributed by atoms with Crippen LogP contribution in [0.5, 0.6) is 0 Å². The molecule has 0 heterocycles. The van der Waals surface area contributed by atoms with E-state index < -0.39 is 12.0 Å². The number of nitrogens with two attached hydrogens (primary N) is 1. The summed E-state index contributed by atoms with van der Waals surface area (Å²) in [5.74, 6) is -0.426. The Balaban J connectivity index is 2.71. The maximum absolute atomic E-state index is 11.4. The highest BCUT2D eigenvalue weighted by Gasteiger charge is 2.12. The maximum Gasteiger partial charge on any atom is 0.250 e. The van der Waals surface area contributed by atoms with Crippen molar-refractivity contribution < 1.29 is 9.90 Å². The first-order chi connectivity index (χ1) is 7.97. The Morgan fingerprint density at radius 3 is 2.59 bits per heavy atom. The predicted molar refractivity (Wildman–Crippen MR) is 67.6 cm³/mol. The van der Waals surface area contributed by atoms with Gasteiger partial charge < -0.3 is 16.2 Å². The number of amides is 1. The number of hydrogen-bond acceptors (Lipinski definition) is 3. The summed E-state index contributed by atoms with van der Waals surface area (Å²) < 4.78 is 0. The minimum Gasteiger partial charge on any atom is -0.382 e. The molecule has 4 N–H and O–H groups in total. The molecule has 1 aromatic rings. The summed E-state index contributed by atoms with van der Waals surface area (Å²) in [6, 6.07) is 4.02. The third kappa shape index (κ3) is 3.28. The fraction of sp³-hybridized carbons (Fsp3) is 0.462. The lowest BCUT2D eigenvalue weighted by molar-refractivity contribution is -0.128. The predicted octanol–water partition coefficient (Wildman–Crippen LogP) is 0.548. The molecule has 94 valence electrons. The highest BCUT2D eigenvalue weighted by Crippen LogP contribution is 2.16. The summed E-state index contributed by atoms with van der Waals surface area (Å²) in [6.45, 7) is 6.51. The Morgan fingerprint density at radius 1 is 1.35 bits per heavy atom. The molecular weight excluding hydrogens is 216 g/mol. The largest absolute Gasteiger partial charge is 0.382 e. The van der Waals surface area contributed by atoms with Crippen molar-refractivity contribution in [3.63, 3.8) is 0 Å².